The summed E-state index contributed by atoms with van der Waals surface area (Å²) in [5.74, 6) is -0.464. The molecule has 0 unspecified atom stereocenters. The molecule has 0 aliphatic heterocycles. The number of rotatable bonds is 8. The van der Waals surface area contributed by atoms with Gasteiger partial charge in [0.2, 0.25) is 0 Å². The number of benzene rings is 3. The van der Waals surface area contributed by atoms with E-state index >= 15 is 0 Å². The third-order valence-electron chi connectivity index (χ3n) is 6.44. The van der Waals surface area contributed by atoms with Crippen molar-refractivity contribution in [3.05, 3.63) is 113 Å². The number of carbonyl (C=O) groups is 2. The summed E-state index contributed by atoms with van der Waals surface area (Å²) in [7, 11) is 0. The van der Waals surface area contributed by atoms with Gasteiger partial charge in [0.15, 0.2) is 5.76 Å². The average Bonchev–Trinajstić information content (AvgIpc) is 3.61. The molecule has 0 atom stereocenters. The molecular formula is C31H21F2N3O4S. The van der Waals surface area contributed by atoms with Crippen molar-refractivity contribution in [1.29, 1.82) is 0 Å². The molecule has 0 fully saturated rings. The Bertz CT molecular complexity index is 1920. The van der Waals surface area contributed by atoms with Gasteiger partial charge in [-0.05, 0) is 52.2 Å². The van der Waals surface area contributed by atoms with E-state index in [1.165, 1.54) is 12.1 Å². The quantitative estimate of drug-likeness (QED) is 0.197. The van der Waals surface area contributed by atoms with Crippen LogP contribution in [0.1, 0.15) is 38.1 Å². The van der Waals surface area contributed by atoms with Crippen LogP contribution in [0.15, 0.2) is 95.4 Å². The summed E-state index contributed by atoms with van der Waals surface area (Å²) < 4.78 is 38.9. The van der Waals surface area contributed by atoms with Gasteiger partial charge >= 0.3 is 0 Å². The molecule has 0 saturated heterocycles. The zero-order valence-corrected chi connectivity index (χ0v) is 22.1. The molecule has 10 heteroatoms. The standard InChI is InChI=1S/C31H21F2N3O4S/c32-28(33)23-15-22(18-7-2-1-3-8-18)25-26(27(29(34)37)41-31(25)35-23)36-30(38)24-13-12-21(40-24)16-39-20-11-10-17-6-4-5-9-19(17)14-20/h1-15,28H,16H2,(H2,34,37)(H,36,38). The van der Waals surface area contributed by atoms with E-state index < -0.39 is 23.9 Å². The maximum absolute atomic E-state index is 13.7. The van der Waals surface area contributed by atoms with Crippen molar-refractivity contribution in [2.75, 3.05) is 5.32 Å². The lowest BCUT2D eigenvalue weighted by Gasteiger charge is -2.10. The number of ether oxygens (including phenoxy) is 1. The van der Waals surface area contributed by atoms with Crippen molar-refractivity contribution in [3.63, 3.8) is 0 Å². The van der Waals surface area contributed by atoms with Crippen LogP contribution in [0.2, 0.25) is 0 Å². The second-order valence-electron chi connectivity index (χ2n) is 9.13. The molecule has 3 N–H and O–H groups in total. The first-order valence-electron chi connectivity index (χ1n) is 12.5. The van der Waals surface area contributed by atoms with Crippen LogP contribution in [0.25, 0.3) is 32.1 Å². The van der Waals surface area contributed by atoms with E-state index in [4.69, 9.17) is 14.9 Å². The molecule has 2 amide bonds. The Morgan fingerprint density at radius 3 is 2.46 bits per heavy atom. The number of thiophene rings is 1. The fraction of sp³-hybridized carbons (Fsp3) is 0.0645. The van der Waals surface area contributed by atoms with Gasteiger partial charge in [0.05, 0.1) is 5.69 Å². The number of fused-ring (bicyclic) bond motifs is 2. The van der Waals surface area contributed by atoms with Crippen LogP contribution in [0.5, 0.6) is 5.75 Å². The molecule has 6 rings (SSSR count). The van der Waals surface area contributed by atoms with Crippen molar-refractivity contribution in [2.24, 2.45) is 5.73 Å². The average molecular weight is 570 g/mol. The third kappa shape index (κ3) is 5.24. The third-order valence-corrected chi connectivity index (χ3v) is 7.54. The van der Waals surface area contributed by atoms with E-state index in [9.17, 15) is 18.4 Å². The van der Waals surface area contributed by atoms with Gasteiger partial charge in [0.1, 0.15) is 33.5 Å². The van der Waals surface area contributed by atoms with Crippen LogP contribution < -0.4 is 15.8 Å². The topological polar surface area (TPSA) is 107 Å². The minimum absolute atomic E-state index is 0.0177. The summed E-state index contributed by atoms with van der Waals surface area (Å²) in [6.45, 7) is 0.0814. The second kappa shape index (κ2) is 10.8. The normalized spacial score (nSPS) is 11.3. The fourth-order valence-electron chi connectivity index (χ4n) is 4.53. The number of carbonyl (C=O) groups excluding carboxylic acids is 2. The highest BCUT2D eigenvalue weighted by molar-refractivity contribution is 7.21. The Morgan fingerprint density at radius 2 is 1.71 bits per heavy atom. The highest BCUT2D eigenvalue weighted by Gasteiger charge is 2.26. The Kier molecular flexibility index (Phi) is 6.90. The summed E-state index contributed by atoms with van der Waals surface area (Å²) in [5.41, 5.74) is 6.24. The molecule has 3 aromatic heterocycles. The number of pyridine rings is 1. The summed E-state index contributed by atoms with van der Waals surface area (Å²) >= 11 is 0.837. The SMILES string of the molecule is NC(=O)c1sc2nc(C(F)F)cc(-c3ccccc3)c2c1NC(=O)c1ccc(COc2ccc3ccccc3c2)o1. The Morgan fingerprint density at radius 1 is 0.951 bits per heavy atom. The van der Waals surface area contributed by atoms with Gasteiger partial charge in [-0.2, -0.15) is 0 Å². The van der Waals surface area contributed by atoms with Gasteiger partial charge < -0.3 is 20.2 Å². The first-order valence-corrected chi connectivity index (χ1v) is 13.3. The summed E-state index contributed by atoms with van der Waals surface area (Å²) in [6.07, 6.45) is -2.84. The number of nitrogens with zero attached hydrogens (tertiary/aromatic N) is 1. The molecule has 3 aromatic carbocycles. The lowest BCUT2D eigenvalue weighted by molar-refractivity contribution is 0.0992. The highest BCUT2D eigenvalue weighted by Crippen LogP contribution is 2.42. The molecule has 41 heavy (non-hydrogen) atoms. The minimum atomic E-state index is -2.84. The Labute approximate surface area is 236 Å². The van der Waals surface area contributed by atoms with E-state index in [1.807, 2.05) is 42.5 Å². The predicted octanol–water partition coefficient (Wildman–Crippen LogP) is 7.58. The Hall–Kier alpha value is -5.09. The zero-order chi connectivity index (χ0) is 28.5. The summed E-state index contributed by atoms with van der Waals surface area (Å²) in [5, 5.41) is 5.16. The van der Waals surface area contributed by atoms with Crippen molar-refractivity contribution >= 4 is 49.8 Å². The highest BCUT2D eigenvalue weighted by atomic mass is 32.1. The Balaban J connectivity index is 1.30. The van der Waals surface area contributed by atoms with Gasteiger partial charge in [0, 0.05) is 5.39 Å². The molecular weight excluding hydrogens is 548 g/mol. The van der Waals surface area contributed by atoms with Gasteiger partial charge in [-0.3, -0.25) is 9.59 Å². The van der Waals surface area contributed by atoms with Gasteiger partial charge in [-0.1, -0.05) is 60.7 Å². The predicted molar refractivity (Wildman–Crippen MR) is 153 cm³/mol. The molecule has 0 radical (unpaired) electrons. The number of furan rings is 1. The van der Waals surface area contributed by atoms with Crippen LogP contribution in [0.3, 0.4) is 0 Å². The van der Waals surface area contributed by atoms with Gasteiger partial charge in [0.25, 0.3) is 18.2 Å². The number of nitrogens with one attached hydrogen (secondary N) is 1. The van der Waals surface area contributed by atoms with E-state index in [1.54, 1.807) is 36.4 Å². The van der Waals surface area contributed by atoms with Crippen molar-refractivity contribution in [2.45, 2.75) is 13.0 Å². The number of aromatic nitrogens is 1. The van der Waals surface area contributed by atoms with Gasteiger partial charge in [-0.25, -0.2) is 13.8 Å². The van der Waals surface area contributed by atoms with Crippen LogP contribution >= 0.6 is 11.3 Å². The van der Waals surface area contributed by atoms with E-state index in [0.29, 0.717) is 28.0 Å². The smallest absolute Gasteiger partial charge is 0.291 e. The number of amides is 2. The molecule has 0 bridgehead atoms. The van der Waals surface area contributed by atoms with Crippen LogP contribution in [0, 0.1) is 0 Å². The largest absolute Gasteiger partial charge is 0.486 e. The zero-order valence-electron chi connectivity index (χ0n) is 21.3. The number of primary amides is 1. The maximum atomic E-state index is 13.7. The van der Waals surface area contributed by atoms with E-state index in [0.717, 1.165) is 22.1 Å². The monoisotopic (exact) mass is 569 g/mol. The number of anilines is 1. The number of hydrogen-bond acceptors (Lipinski definition) is 6. The lowest BCUT2D eigenvalue weighted by Crippen LogP contribution is -2.16. The minimum Gasteiger partial charge on any atom is -0.486 e. The van der Waals surface area contributed by atoms with Crippen LogP contribution in [0.4, 0.5) is 14.5 Å². The van der Waals surface area contributed by atoms with Gasteiger partial charge in [-0.15, -0.1) is 11.3 Å². The molecule has 6 aromatic rings. The molecule has 7 nitrogen and oxygen atoms in total. The molecule has 0 saturated carbocycles. The number of hydrogen-bond donors (Lipinski definition) is 2. The first-order chi connectivity index (χ1) is 19.9. The summed E-state index contributed by atoms with van der Waals surface area (Å²) in [6, 6.07) is 26.8. The van der Waals surface area contributed by atoms with Crippen LogP contribution in [-0.2, 0) is 6.61 Å². The van der Waals surface area contributed by atoms with Crippen molar-refractivity contribution in [3.8, 4) is 16.9 Å². The lowest BCUT2D eigenvalue weighted by atomic mass is 10.0. The molecule has 0 spiro atoms. The number of alkyl halides is 2. The number of halogens is 2. The van der Waals surface area contributed by atoms with E-state index in [-0.39, 0.29) is 27.8 Å². The molecule has 204 valence electrons. The van der Waals surface area contributed by atoms with Crippen molar-refractivity contribution < 1.29 is 27.5 Å². The maximum Gasteiger partial charge on any atom is 0.291 e. The summed E-state index contributed by atoms with van der Waals surface area (Å²) in [4.78, 5) is 29.8. The van der Waals surface area contributed by atoms with Crippen LogP contribution in [-0.4, -0.2) is 16.8 Å². The molecule has 0 aliphatic carbocycles. The van der Waals surface area contributed by atoms with E-state index in [2.05, 4.69) is 10.3 Å². The molecule has 3 heterocycles. The number of nitrogens with two attached hydrogens (primary N) is 1. The fourth-order valence-corrected chi connectivity index (χ4v) is 5.55. The molecule has 0 aliphatic rings. The second-order valence-corrected chi connectivity index (χ2v) is 10.1. The van der Waals surface area contributed by atoms with Crippen molar-refractivity contribution in [1.82, 2.24) is 4.98 Å². The first kappa shape index (κ1) is 26.1.